The number of aromatic nitrogens is 2. The van der Waals surface area contributed by atoms with E-state index in [1.807, 2.05) is 27.7 Å². The summed E-state index contributed by atoms with van der Waals surface area (Å²) in [6.07, 6.45) is 7.05. The average Bonchev–Trinajstić information content (AvgIpc) is 3.80. The number of rotatable bonds is 7. The van der Waals surface area contributed by atoms with Crippen LogP contribution < -0.4 is 4.74 Å². The van der Waals surface area contributed by atoms with Gasteiger partial charge in [-0.3, -0.25) is 9.69 Å². The molecule has 1 spiro atoms. The predicted octanol–water partition coefficient (Wildman–Crippen LogP) is 6.52. The molecule has 0 bridgehead atoms. The number of fused-ring (bicyclic) bond motifs is 1. The van der Waals surface area contributed by atoms with E-state index < -0.39 is 0 Å². The minimum Gasteiger partial charge on any atom is -0.494 e. The zero-order chi connectivity index (χ0) is 28.6. The van der Waals surface area contributed by atoms with Gasteiger partial charge in [-0.2, -0.15) is 0 Å². The van der Waals surface area contributed by atoms with Crippen molar-refractivity contribution < 1.29 is 9.53 Å². The Hall–Kier alpha value is -2.86. The number of hydrogen-bond donors (Lipinski definition) is 0. The molecule has 2 saturated carbocycles. The highest BCUT2D eigenvalue weighted by Crippen LogP contribution is 2.71. The molecule has 41 heavy (non-hydrogen) atoms. The lowest BCUT2D eigenvalue weighted by Gasteiger charge is -2.44. The fraction of sp³-hybridized carbons (Fsp3) is 0.600. The molecule has 0 N–H and O–H groups in total. The number of aryl methyl sites for hydroxylation is 1. The standard InChI is InChI=1S/C35H46N4O2/c1-6-41-28-11-9-10-25(21-28)34(14-17-37(18-15-34)32(40)33(3,4)5)16-19-38-31-22-27(20-26-23-35(26,31)38)39-24(2)36-29-12-7-8-13-30(29)39/h7-13,21,26-27,31H,6,14-20,22-23H2,1-5H3/t26?,27-,31?,35?,38?/m1/s1. The summed E-state index contributed by atoms with van der Waals surface area (Å²) in [5.41, 5.74) is 4.01. The molecule has 2 aromatic carbocycles. The van der Waals surface area contributed by atoms with Crippen LogP contribution in [0.25, 0.3) is 11.0 Å². The lowest BCUT2D eigenvalue weighted by atomic mass is 9.70. The first kappa shape index (κ1) is 27.0. The lowest BCUT2D eigenvalue weighted by Crippen LogP contribution is -2.49. The zero-order valence-corrected chi connectivity index (χ0v) is 25.5. The summed E-state index contributed by atoms with van der Waals surface area (Å²) in [4.78, 5) is 23.0. The summed E-state index contributed by atoms with van der Waals surface area (Å²) in [5.74, 6) is 3.21. The number of carbonyl (C=O) groups is 1. The Morgan fingerprint density at radius 1 is 1.07 bits per heavy atom. The number of piperidine rings is 1. The van der Waals surface area contributed by atoms with Crippen LogP contribution in [0.2, 0.25) is 0 Å². The largest absolute Gasteiger partial charge is 0.494 e. The second-order valence-corrected chi connectivity index (χ2v) is 14.3. The molecule has 7 rings (SSSR count). The van der Waals surface area contributed by atoms with Crippen LogP contribution in [-0.2, 0) is 10.2 Å². The maximum Gasteiger partial charge on any atom is 0.227 e. The molecule has 2 aliphatic carbocycles. The van der Waals surface area contributed by atoms with Crippen LogP contribution in [0.15, 0.2) is 48.5 Å². The Balaban J connectivity index is 1.10. The van der Waals surface area contributed by atoms with Crippen LogP contribution in [0, 0.1) is 18.3 Å². The molecule has 1 amide bonds. The molecule has 3 heterocycles. The van der Waals surface area contributed by atoms with E-state index in [1.165, 1.54) is 30.3 Å². The number of hydrogen-bond acceptors (Lipinski definition) is 4. The summed E-state index contributed by atoms with van der Waals surface area (Å²) < 4.78 is 8.47. The minimum atomic E-state index is -0.333. The van der Waals surface area contributed by atoms with Gasteiger partial charge in [-0.25, -0.2) is 4.98 Å². The predicted molar refractivity (Wildman–Crippen MR) is 163 cm³/mol. The number of benzene rings is 2. The Kier molecular flexibility index (Phi) is 6.31. The van der Waals surface area contributed by atoms with E-state index in [0.717, 1.165) is 61.9 Å². The summed E-state index contributed by atoms with van der Waals surface area (Å²) in [7, 11) is 0. The maximum atomic E-state index is 13.1. The van der Waals surface area contributed by atoms with Crippen LogP contribution in [0.4, 0.5) is 0 Å². The molecule has 4 aliphatic rings. The highest BCUT2D eigenvalue weighted by Gasteiger charge is 2.78. The normalized spacial score (nSPS) is 30.0. The van der Waals surface area contributed by atoms with Crippen LogP contribution >= 0.6 is 0 Å². The topological polar surface area (TPSA) is 50.4 Å². The average molecular weight is 555 g/mol. The fourth-order valence-electron chi connectivity index (χ4n) is 8.78. The number of para-hydroxylation sites is 2. The third kappa shape index (κ3) is 4.40. The van der Waals surface area contributed by atoms with Gasteiger partial charge in [0.1, 0.15) is 11.6 Å². The molecule has 4 fully saturated rings. The van der Waals surface area contributed by atoms with Gasteiger partial charge in [-0.1, -0.05) is 45.0 Å². The molecule has 6 nitrogen and oxygen atoms in total. The van der Waals surface area contributed by atoms with Gasteiger partial charge in [-0.05, 0) is 94.7 Å². The summed E-state index contributed by atoms with van der Waals surface area (Å²) in [5, 5.41) is 0. The highest BCUT2D eigenvalue weighted by atomic mass is 16.5. The van der Waals surface area contributed by atoms with Gasteiger partial charge >= 0.3 is 0 Å². The lowest BCUT2D eigenvalue weighted by molar-refractivity contribution is -0.141. The summed E-state index contributed by atoms with van der Waals surface area (Å²) in [6.45, 7) is 13.8. The van der Waals surface area contributed by atoms with E-state index in [0.29, 0.717) is 24.2 Å². The zero-order valence-electron chi connectivity index (χ0n) is 25.5. The first-order valence-corrected chi connectivity index (χ1v) is 15.9. The van der Waals surface area contributed by atoms with Gasteiger partial charge in [0.15, 0.2) is 0 Å². The van der Waals surface area contributed by atoms with Gasteiger partial charge in [0.05, 0.1) is 17.6 Å². The number of amides is 1. The quantitative estimate of drug-likeness (QED) is 0.312. The van der Waals surface area contributed by atoms with Gasteiger partial charge in [0.2, 0.25) is 5.91 Å². The highest BCUT2D eigenvalue weighted by molar-refractivity contribution is 5.81. The molecular weight excluding hydrogens is 508 g/mol. The molecule has 5 atom stereocenters. The van der Waals surface area contributed by atoms with Crippen molar-refractivity contribution in [3.63, 3.8) is 0 Å². The van der Waals surface area contributed by atoms with Crippen LogP contribution in [0.5, 0.6) is 5.75 Å². The van der Waals surface area contributed by atoms with Crippen molar-refractivity contribution in [1.29, 1.82) is 0 Å². The maximum absolute atomic E-state index is 13.1. The molecule has 218 valence electrons. The van der Waals surface area contributed by atoms with Crippen molar-refractivity contribution in [2.24, 2.45) is 11.3 Å². The Morgan fingerprint density at radius 2 is 1.85 bits per heavy atom. The smallest absolute Gasteiger partial charge is 0.227 e. The fourth-order valence-corrected chi connectivity index (χ4v) is 8.78. The molecule has 0 radical (unpaired) electrons. The molecule has 1 aromatic heterocycles. The van der Waals surface area contributed by atoms with Gasteiger partial charge in [0, 0.05) is 41.5 Å². The van der Waals surface area contributed by atoms with E-state index in [4.69, 9.17) is 9.72 Å². The van der Waals surface area contributed by atoms with Gasteiger partial charge < -0.3 is 14.2 Å². The number of likely N-dealkylation sites (tertiary alicyclic amines) is 2. The van der Waals surface area contributed by atoms with Crippen LogP contribution in [-0.4, -0.2) is 63.1 Å². The second-order valence-electron chi connectivity index (χ2n) is 14.3. The summed E-state index contributed by atoms with van der Waals surface area (Å²) >= 11 is 0. The van der Waals surface area contributed by atoms with Gasteiger partial charge in [-0.15, -0.1) is 0 Å². The number of carbonyl (C=O) groups excluding carboxylic acids is 1. The first-order chi connectivity index (χ1) is 19.7. The molecule has 4 unspecified atom stereocenters. The van der Waals surface area contributed by atoms with E-state index in [2.05, 4.69) is 69.8 Å². The first-order valence-electron chi connectivity index (χ1n) is 15.9. The number of ether oxygens (including phenoxy) is 1. The minimum absolute atomic E-state index is 0.0745. The monoisotopic (exact) mass is 554 g/mol. The Morgan fingerprint density at radius 3 is 2.61 bits per heavy atom. The molecule has 2 aliphatic heterocycles. The Bertz CT molecular complexity index is 1460. The summed E-state index contributed by atoms with van der Waals surface area (Å²) in [6, 6.07) is 18.7. The van der Waals surface area contributed by atoms with Crippen molar-refractivity contribution in [2.75, 3.05) is 26.2 Å². The van der Waals surface area contributed by atoms with E-state index in [-0.39, 0.29) is 16.7 Å². The Labute approximate surface area is 245 Å². The van der Waals surface area contributed by atoms with E-state index in [9.17, 15) is 4.79 Å². The molecule has 3 aromatic rings. The second kappa shape index (κ2) is 9.58. The molecule has 6 heteroatoms. The third-order valence-electron chi connectivity index (χ3n) is 11.0. The van der Waals surface area contributed by atoms with Crippen molar-refractivity contribution in [1.82, 2.24) is 19.4 Å². The van der Waals surface area contributed by atoms with Crippen molar-refractivity contribution >= 4 is 16.9 Å². The van der Waals surface area contributed by atoms with Crippen molar-refractivity contribution in [3.8, 4) is 5.75 Å². The van der Waals surface area contributed by atoms with Crippen molar-refractivity contribution in [3.05, 3.63) is 59.9 Å². The molecular formula is C35H46N4O2. The third-order valence-corrected chi connectivity index (χ3v) is 11.0. The molecule has 2 saturated heterocycles. The van der Waals surface area contributed by atoms with Crippen molar-refractivity contribution in [2.45, 2.75) is 96.2 Å². The van der Waals surface area contributed by atoms with Crippen LogP contribution in [0.1, 0.15) is 83.6 Å². The SMILES string of the molecule is CCOc1cccc(C2(CCN3C4C[C@H](n5c(C)nc6ccccc65)CC5CC543)CCN(C(=O)C(C)(C)C)CC2)c1. The van der Waals surface area contributed by atoms with Gasteiger partial charge in [0.25, 0.3) is 0 Å². The number of nitrogens with zero attached hydrogens (tertiary/aromatic N) is 4. The number of imidazole rings is 1. The van der Waals surface area contributed by atoms with E-state index in [1.54, 1.807) is 0 Å². The van der Waals surface area contributed by atoms with Crippen LogP contribution in [0.3, 0.4) is 0 Å². The van der Waals surface area contributed by atoms with E-state index >= 15 is 0 Å².